The first-order valence-electron chi connectivity index (χ1n) is 7.97. The van der Waals surface area contributed by atoms with Crippen LogP contribution in [0.25, 0.3) is 0 Å². The maximum absolute atomic E-state index is 12.3. The summed E-state index contributed by atoms with van der Waals surface area (Å²) in [6.45, 7) is 2.56. The Balaban J connectivity index is 1.54. The predicted molar refractivity (Wildman–Crippen MR) is 95.1 cm³/mol. The number of rotatable bonds is 5. The van der Waals surface area contributed by atoms with Crippen molar-refractivity contribution in [3.63, 3.8) is 0 Å². The zero-order valence-corrected chi connectivity index (χ0v) is 15.2. The lowest BCUT2D eigenvalue weighted by molar-refractivity contribution is -0.132. The molecule has 1 aliphatic rings. The molecule has 3 rings (SSSR count). The number of aliphatic hydroxyl groups excluding tert-OH is 1. The first-order chi connectivity index (χ1) is 11.9. The van der Waals surface area contributed by atoms with E-state index in [1.165, 1.54) is 0 Å². The average Bonchev–Trinajstić information content (AvgIpc) is 3.13. The number of halogens is 2. The molecule has 0 unspecified atom stereocenters. The molecular weight excluding hydrogens is 365 g/mol. The molecule has 2 N–H and O–H groups in total. The maximum atomic E-state index is 12.3. The van der Waals surface area contributed by atoms with Gasteiger partial charge in [-0.1, -0.05) is 23.2 Å². The van der Waals surface area contributed by atoms with Crippen LogP contribution >= 0.6 is 23.2 Å². The van der Waals surface area contributed by atoms with Gasteiger partial charge in [-0.3, -0.25) is 9.89 Å². The van der Waals surface area contributed by atoms with Crippen LogP contribution in [0.4, 0.5) is 0 Å². The number of benzene rings is 1. The summed E-state index contributed by atoms with van der Waals surface area (Å²) in [6.07, 6.45) is 0.0548. The molecule has 1 saturated heterocycles. The third-order valence-corrected chi connectivity index (χ3v) is 4.77. The van der Waals surface area contributed by atoms with Crippen molar-refractivity contribution < 1.29 is 14.6 Å². The number of likely N-dealkylation sites (tertiary alicyclic amines) is 1. The number of aryl methyl sites for hydroxylation is 1. The molecule has 0 radical (unpaired) electrons. The van der Waals surface area contributed by atoms with Gasteiger partial charge in [-0.25, -0.2) is 0 Å². The zero-order valence-electron chi connectivity index (χ0n) is 13.7. The van der Waals surface area contributed by atoms with Crippen LogP contribution in [0, 0.1) is 12.8 Å². The molecule has 6 nitrogen and oxygen atoms in total. The molecule has 2 aromatic rings. The Morgan fingerprint density at radius 3 is 2.88 bits per heavy atom. The Hall–Kier alpha value is -1.76. The highest BCUT2D eigenvalue weighted by Gasteiger charge is 2.34. The number of ether oxygens (including phenoxy) is 1. The Labute approximate surface area is 155 Å². The van der Waals surface area contributed by atoms with E-state index >= 15 is 0 Å². The Morgan fingerprint density at radius 1 is 1.40 bits per heavy atom. The van der Waals surface area contributed by atoms with Crippen LogP contribution in [0.3, 0.4) is 0 Å². The van der Waals surface area contributed by atoms with E-state index in [4.69, 9.17) is 27.9 Å². The lowest BCUT2D eigenvalue weighted by Gasteiger charge is -2.16. The first-order valence-corrected chi connectivity index (χ1v) is 8.72. The Bertz CT molecular complexity index is 765. The summed E-state index contributed by atoms with van der Waals surface area (Å²) in [6, 6.07) is 6.78. The van der Waals surface area contributed by atoms with E-state index < -0.39 is 6.10 Å². The molecule has 0 bridgehead atoms. The van der Waals surface area contributed by atoms with Crippen LogP contribution in [-0.4, -0.2) is 51.9 Å². The summed E-state index contributed by atoms with van der Waals surface area (Å²) in [5, 5.41) is 18.2. The van der Waals surface area contributed by atoms with Gasteiger partial charge in [-0.2, -0.15) is 5.10 Å². The number of aliphatic hydroxyl groups is 1. The second kappa shape index (κ2) is 7.64. The second-order valence-electron chi connectivity index (χ2n) is 6.24. The molecule has 2 heterocycles. The van der Waals surface area contributed by atoms with Crippen LogP contribution < -0.4 is 4.74 Å². The summed E-state index contributed by atoms with van der Waals surface area (Å²) in [7, 11) is 0. The largest absolute Gasteiger partial charge is 0.482 e. The highest BCUT2D eigenvalue weighted by atomic mass is 35.5. The van der Waals surface area contributed by atoms with Gasteiger partial charge in [0, 0.05) is 29.7 Å². The third kappa shape index (κ3) is 4.45. The second-order valence-corrected chi connectivity index (χ2v) is 7.08. The van der Waals surface area contributed by atoms with Gasteiger partial charge in [0.15, 0.2) is 6.61 Å². The number of hydrogen-bond acceptors (Lipinski definition) is 4. The lowest BCUT2D eigenvalue weighted by Crippen LogP contribution is -2.33. The topological polar surface area (TPSA) is 78.5 Å². The SMILES string of the molecule is Cc1cc(C[C@@H]2CN(C(=O)COc3ccc(Cl)cc3Cl)C[C@H]2O)n[nH]1. The van der Waals surface area contributed by atoms with Crippen molar-refractivity contribution in [2.24, 2.45) is 5.92 Å². The summed E-state index contributed by atoms with van der Waals surface area (Å²) in [5.41, 5.74) is 1.86. The van der Waals surface area contributed by atoms with E-state index in [1.807, 2.05) is 13.0 Å². The van der Waals surface area contributed by atoms with Gasteiger partial charge in [-0.05, 0) is 37.6 Å². The number of carbonyl (C=O) groups excluding carboxylic acids is 1. The molecule has 1 aliphatic heterocycles. The van der Waals surface area contributed by atoms with Crippen molar-refractivity contribution in [2.45, 2.75) is 19.4 Å². The molecule has 2 atom stereocenters. The fourth-order valence-electron chi connectivity index (χ4n) is 2.93. The van der Waals surface area contributed by atoms with E-state index in [0.717, 1.165) is 11.4 Å². The van der Waals surface area contributed by atoms with Gasteiger partial charge < -0.3 is 14.7 Å². The molecule has 0 spiro atoms. The molecule has 1 aromatic heterocycles. The number of carbonyl (C=O) groups is 1. The number of amides is 1. The molecule has 1 fully saturated rings. The Kier molecular flexibility index (Phi) is 5.51. The van der Waals surface area contributed by atoms with Crippen molar-refractivity contribution in [3.05, 3.63) is 45.7 Å². The van der Waals surface area contributed by atoms with E-state index in [-0.39, 0.29) is 18.4 Å². The summed E-state index contributed by atoms with van der Waals surface area (Å²) >= 11 is 11.9. The van der Waals surface area contributed by atoms with Gasteiger partial charge in [0.2, 0.25) is 0 Å². The van der Waals surface area contributed by atoms with Crippen molar-refractivity contribution >= 4 is 29.1 Å². The smallest absolute Gasteiger partial charge is 0.260 e. The molecule has 0 saturated carbocycles. The van der Waals surface area contributed by atoms with E-state index in [9.17, 15) is 9.90 Å². The predicted octanol–water partition coefficient (Wildman–Crippen LogP) is 2.47. The lowest BCUT2D eigenvalue weighted by atomic mass is 10.0. The number of nitrogens with zero attached hydrogens (tertiary/aromatic N) is 2. The number of aromatic amines is 1. The molecule has 1 aromatic carbocycles. The van der Waals surface area contributed by atoms with Gasteiger partial charge in [0.25, 0.3) is 5.91 Å². The first kappa shape index (κ1) is 18.0. The standard InChI is InChI=1S/C17H19Cl2N3O3/c1-10-4-13(21-20-10)5-11-7-22(8-15(11)23)17(24)9-25-16-3-2-12(18)6-14(16)19/h2-4,6,11,15,23H,5,7-9H2,1H3,(H,20,21)/t11-,15-/m1/s1. The number of H-pyrrole nitrogens is 1. The fourth-order valence-corrected chi connectivity index (χ4v) is 3.39. The van der Waals surface area contributed by atoms with Crippen LogP contribution in [0.15, 0.2) is 24.3 Å². The molecule has 8 heteroatoms. The fraction of sp³-hybridized carbons (Fsp3) is 0.412. The van der Waals surface area contributed by atoms with Crippen molar-refractivity contribution in [2.75, 3.05) is 19.7 Å². The van der Waals surface area contributed by atoms with Crippen LogP contribution in [0.5, 0.6) is 5.75 Å². The van der Waals surface area contributed by atoms with Gasteiger partial charge in [-0.15, -0.1) is 0 Å². The maximum Gasteiger partial charge on any atom is 0.260 e. The highest BCUT2D eigenvalue weighted by molar-refractivity contribution is 6.35. The van der Waals surface area contributed by atoms with E-state index in [1.54, 1.807) is 23.1 Å². The minimum Gasteiger partial charge on any atom is -0.482 e. The van der Waals surface area contributed by atoms with Gasteiger partial charge in [0.05, 0.1) is 16.8 Å². The van der Waals surface area contributed by atoms with E-state index in [2.05, 4.69) is 10.2 Å². The Morgan fingerprint density at radius 2 is 2.20 bits per heavy atom. The molecule has 0 aliphatic carbocycles. The molecular formula is C17H19Cl2N3O3. The highest BCUT2D eigenvalue weighted by Crippen LogP contribution is 2.28. The third-order valence-electron chi connectivity index (χ3n) is 4.23. The molecule has 1 amide bonds. The normalized spacial score (nSPS) is 20.1. The van der Waals surface area contributed by atoms with Crippen LogP contribution in [0.2, 0.25) is 10.0 Å². The minimum absolute atomic E-state index is 0.0363. The van der Waals surface area contributed by atoms with Gasteiger partial charge >= 0.3 is 0 Å². The summed E-state index contributed by atoms with van der Waals surface area (Å²) in [4.78, 5) is 14.0. The van der Waals surface area contributed by atoms with Crippen molar-refractivity contribution in [1.29, 1.82) is 0 Å². The number of β-amino-alcohol motifs (C(OH)–C–C–N with tert-alkyl or cyclic N) is 1. The van der Waals surface area contributed by atoms with E-state index in [0.29, 0.717) is 35.3 Å². The van der Waals surface area contributed by atoms with Crippen LogP contribution in [0.1, 0.15) is 11.4 Å². The molecule has 134 valence electrons. The number of hydrogen-bond donors (Lipinski definition) is 2. The average molecular weight is 384 g/mol. The summed E-state index contributed by atoms with van der Waals surface area (Å²) in [5.74, 6) is 0.180. The van der Waals surface area contributed by atoms with Crippen molar-refractivity contribution in [3.8, 4) is 5.75 Å². The monoisotopic (exact) mass is 383 g/mol. The van der Waals surface area contributed by atoms with Crippen molar-refractivity contribution in [1.82, 2.24) is 15.1 Å². The van der Waals surface area contributed by atoms with Crippen LogP contribution in [-0.2, 0) is 11.2 Å². The molecule has 25 heavy (non-hydrogen) atoms. The van der Waals surface area contributed by atoms with Gasteiger partial charge in [0.1, 0.15) is 5.75 Å². The number of aromatic nitrogens is 2. The zero-order chi connectivity index (χ0) is 18.0. The number of nitrogens with one attached hydrogen (secondary N) is 1. The minimum atomic E-state index is -0.569. The summed E-state index contributed by atoms with van der Waals surface area (Å²) < 4.78 is 5.48. The quantitative estimate of drug-likeness (QED) is 0.830.